The van der Waals surface area contributed by atoms with Crippen LogP contribution in [0.5, 0.6) is 11.5 Å². The zero-order chi connectivity index (χ0) is 19.8. The van der Waals surface area contributed by atoms with Crippen LogP contribution in [0.4, 0.5) is 13.2 Å². The van der Waals surface area contributed by atoms with Gasteiger partial charge in [-0.3, -0.25) is 0 Å². The van der Waals surface area contributed by atoms with E-state index in [9.17, 15) is 23.1 Å². The zero-order valence-electron chi connectivity index (χ0n) is 13.9. The number of methoxy groups -OCH3 is 1. The molecule has 9 heteroatoms. The molecule has 0 atom stereocenters. The van der Waals surface area contributed by atoms with Crippen molar-refractivity contribution in [3.05, 3.63) is 58.7 Å². The highest BCUT2D eigenvalue weighted by Crippen LogP contribution is 2.31. The van der Waals surface area contributed by atoms with Gasteiger partial charge >= 0.3 is 12.3 Å². The third-order valence-electron chi connectivity index (χ3n) is 3.90. The molecule has 5 nitrogen and oxygen atoms in total. The van der Waals surface area contributed by atoms with Crippen LogP contribution in [-0.2, 0) is 6.54 Å². The van der Waals surface area contributed by atoms with Crippen molar-refractivity contribution >= 4 is 28.5 Å². The van der Waals surface area contributed by atoms with Crippen LogP contribution in [0.25, 0.3) is 10.9 Å². The average molecular weight is 400 g/mol. The maximum atomic E-state index is 12.5. The molecular weight excluding hydrogens is 387 g/mol. The number of carboxylic acid groups (broad SMARTS) is 1. The van der Waals surface area contributed by atoms with Gasteiger partial charge in [0.2, 0.25) is 0 Å². The monoisotopic (exact) mass is 399 g/mol. The highest BCUT2D eigenvalue weighted by molar-refractivity contribution is 6.31. The van der Waals surface area contributed by atoms with Crippen LogP contribution < -0.4 is 9.47 Å². The Morgan fingerprint density at radius 2 is 1.93 bits per heavy atom. The molecule has 1 N–H and O–H groups in total. The zero-order valence-corrected chi connectivity index (χ0v) is 14.6. The number of ether oxygens (including phenoxy) is 2. The van der Waals surface area contributed by atoms with E-state index < -0.39 is 18.1 Å². The molecule has 0 aliphatic heterocycles. The van der Waals surface area contributed by atoms with E-state index in [1.54, 1.807) is 18.2 Å². The molecule has 142 valence electrons. The number of benzene rings is 2. The van der Waals surface area contributed by atoms with Crippen LogP contribution in [0.1, 0.15) is 16.1 Å². The minimum Gasteiger partial charge on any atom is -0.496 e. The molecule has 3 rings (SSSR count). The molecule has 0 bridgehead atoms. The number of carboxylic acids is 1. The van der Waals surface area contributed by atoms with Gasteiger partial charge in [-0.05, 0) is 42.5 Å². The molecule has 0 fully saturated rings. The van der Waals surface area contributed by atoms with Gasteiger partial charge in [-0.1, -0.05) is 11.6 Å². The van der Waals surface area contributed by atoms with Crippen molar-refractivity contribution in [1.82, 2.24) is 4.57 Å². The van der Waals surface area contributed by atoms with E-state index >= 15 is 0 Å². The van der Waals surface area contributed by atoms with Gasteiger partial charge in [0.15, 0.2) is 0 Å². The van der Waals surface area contributed by atoms with Gasteiger partial charge in [0.25, 0.3) is 0 Å². The molecule has 0 amide bonds. The van der Waals surface area contributed by atoms with Crippen LogP contribution in [0.2, 0.25) is 5.02 Å². The molecule has 0 aliphatic rings. The second-order valence-corrected chi connectivity index (χ2v) is 6.08. The number of rotatable bonds is 5. The van der Waals surface area contributed by atoms with Gasteiger partial charge in [-0.25, -0.2) is 4.79 Å². The SMILES string of the molecule is COc1ccc(OC(F)(F)F)cc1Cn1c(C(=O)O)cc2cc(Cl)ccc21. The Kier molecular flexibility index (Phi) is 4.93. The summed E-state index contributed by atoms with van der Waals surface area (Å²) in [5.41, 5.74) is 0.867. The van der Waals surface area contributed by atoms with Crippen molar-refractivity contribution in [2.24, 2.45) is 0 Å². The maximum absolute atomic E-state index is 12.5. The van der Waals surface area contributed by atoms with E-state index in [0.717, 1.165) is 6.07 Å². The van der Waals surface area contributed by atoms with E-state index in [1.807, 2.05) is 0 Å². The molecule has 0 radical (unpaired) electrons. The predicted octanol–water partition coefficient (Wildman–Crippen LogP) is 4.95. The van der Waals surface area contributed by atoms with E-state index in [2.05, 4.69) is 4.74 Å². The second-order valence-electron chi connectivity index (χ2n) is 5.65. The van der Waals surface area contributed by atoms with Gasteiger partial charge in [0.05, 0.1) is 13.7 Å². The molecule has 0 saturated heterocycles. The molecule has 27 heavy (non-hydrogen) atoms. The number of halogens is 4. The van der Waals surface area contributed by atoms with Crippen molar-refractivity contribution in [3.8, 4) is 11.5 Å². The Morgan fingerprint density at radius 3 is 2.56 bits per heavy atom. The van der Waals surface area contributed by atoms with Crippen LogP contribution >= 0.6 is 11.6 Å². The fourth-order valence-electron chi connectivity index (χ4n) is 2.84. The first-order chi connectivity index (χ1) is 12.7. The van der Waals surface area contributed by atoms with Gasteiger partial charge in [0.1, 0.15) is 17.2 Å². The maximum Gasteiger partial charge on any atom is 0.573 e. The lowest BCUT2D eigenvalue weighted by Crippen LogP contribution is -2.17. The summed E-state index contributed by atoms with van der Waals surface area (Å²) in [6.07, 6.45) is -4.84. The van der Waals surface area contributed by atoms with Crippen molar-refractivity contribution in [1.29, 1.82) is 0 Å². The Labute approximate surface area is 156 Å². The molecule has 2 aromatic carbocycles. The lowest BCUT2D eigenvalue weighted by molar-refractivity contribution is -0.274. The second kappa shape index (κ2) is 7.03. The van der Waals surface area contributed by atoms with E-state index in [0.29, 0.717) is 27.2 Å². The number of hydrogen-bond donors (Lipinski definition) is 1. The number of alkyl halides is 3. The van der Waals surface area contributed by atoms with Crippen molar-refractivity contribution in [3.63, 3.8) is 0 Å². The van der Waals surface area contributed by atoms with Crippen molar-refractivity contribution in [2.45, 2.75) is 12.9 Å². The Balaban J connectivity index is 2.10. The van der Waals surface area contributed by atoms with Gasteiger partial charge in [-0.2, -0.15) is 0 Å². The summed E-state index contributed by atoms with van der Waals surface area (Å²) >= 11 is 5.95. The van der Waals surface area contributed by atoms with Gasteiger partial charge in [-0.15, -0.1) is 13.2 Å². The highest BCUT2D eigenvalue weighted by atomic mass is 35.5. The number of fused-ring (bicyclic) bond motifs is 1. The minimum absolute atomic E-state index is 0.0311. The number of nitrogens with zero attached hydrogens (tertiary/aromatic N) is 1. The molecule has 3 aromatic rings. The topological polar surface area (TPSA) is 60.7 Å². The van der Waals surface area contributed by atoms with E-state index in [-0.39, 0.29) is 12.2 Å². The Hall–Kier alpha value is -2.87. The first kappa shape index (κ1) is 18.9. The summed E-state index contributed by atoms with van der Waals surface area (Å²) in [6.45, 7) is -0.0367. The van der Waals surface area contributed by atoms with E-state index in [4.69, 9.17) is 16.3 Å². The summed E-state index contributed by atoms with van der Waals surface area (Å²) in [5, 5.41) is 10.5. The highest BCUT2D eigenvalue weighted by Gasteiger charge is 2.31. The largest absolute Gasteiger partial charge is 0.573 e. The summed E-state index contributed by atoms with van der Waals surface area (Å²) < 4.78 is 48.1. The standard InChI is InChI=1S/C18H13ClF3NO4/c1-26-16-5-3-13(27-18(20,21)22)7-11(16)9-23-14-4-2-12(19)6-10(14)8-15(23)17(24)25/h2-8H,9H2,1H3,(H,24,25). The van der Waals surface area contributed by atoms with Crippen LogP contribution in [-0.4, -0.2) is 29.1 Å². The number of aromatic nitrogens is 1. The Morgan fingerprint density at radius 1 is 1.19 bits per heavy atom. The molecule has 0 unspecified atom stereocenters. The fourth-order valence-corrected chi connectivity index (χ4v) is 3.02. The van der Waals surface area contributed by atoms with Crippen molar-refractivity contribution < 1.29 is 32.5 Å². The minimum atomic E-state index is -4.84. The van der Waals surface area contributed by atoms with Gasteiger partial charge in [0, 0.05) is 21.5 Å². The van der Waals surface area contributed by atoms with Crippen LogP contribution in [0.15, 0.2) is 42.5 Å². The lowest BCUT2D eigenvalue weighted by atomic mass is 10.1. The summed E-state index contributed by atoms with van der Waals surface area (Å²) in [5.74, 6) is -1.30. The first-order valence-corrected chi connectivity index (χ1v) is 8.00. The molecule has 0 spiro atoms. The number of hydrogen-bond acceptors (Lipinski definition) is 3. The normalized spacial score (nSPS) is 11.6. The van der Waals surface area contributed by atoms with Crippen LogP contribution in [0, 0.1) is 0 Å². The quantitative estimate of drug-likeness (QED) is 0.659. The number of aromatic carboxylic acids is 1. The fraction of sp³-hybridized carbons (Fsp3) is 0.167. The van der Waals surface area contributed by atoms with Gasteiger partial charge < -0.3 is 19.1 Å². The third kappa shape index (κ3) is 4.11. The summed E-state index contributed by atoms with van der Waals surface area (Å²) in [6, 6.07) is 9.94. The average Bonchev–Trinajstić information content (AvgIpc) is 2.91. The summed E-state index contributed by atoms with van der Waals surface area (Å²) in [4.78, 5) is 11.6. The summed E-state index contributed by atoms with van der Waals surface area (Å²) in [7, 11) is 1.37. The smallest absolute Gasteiger partial charge is 0.496 e. The van der Waals surface area contributed by atoms with E-state index in [1.165, 1.54) is 29.9 Å². The van der Waals surface area contributed by atoms with Crippen LogP contribution in [0.3, 0.4) is 0 Å². The molecule has 1 aromatic heterocycles. The molecule has 0 saturated carbocycles. The first-order valence-electron chi connectivity index (χ1n) is 7.62. The van der Waals surface area contributed by atoms with Crippen molar-refractivity contribution in [2.75, 3.05) is 7.11 Å². The number of carbonyl (C=O) groups is 1. The molecule has 0 aliphatic carbocycles. The lowest BCUT2D eigenvalue weighted by Gasteiger charge is -2.15. The molecular formula is C18H13ClF3NO4. The predicted molar refractivity (Wildman–Crippen MR) is 92.7 cm³/mol. The molecule has 1 heterocycles. The third-order valence-corrected chi connectivity index (χ3v) is 4.13. The Bertz CT molecular complexity index is 1010.